The maximum absolute atomic E-state index is 12.7. The molecule has 0 saturated carbocycles. The number of aliphatic carboxylic acids is 1. The number of rotatable bonds is 4. The van der Waals surface area contributed by atoms with Crippen LogP contribution in [-0.4, -0.2) is 24.0 Å². The van der Waals surface area contributed by atoms with Gasteiger partial charge in [-0.3, -0.25) is 4.79 Å². The Labute approximate surface area is 95.8 Å². The zero-order valence-corrected chi connectivity index (χ0v) is 9.16. The molecule has 1 N–H and O–H groups in total. The van der Waals surface area contributed by atoms with Crippen molar-refractivity contribution in [1.29, 1.82) is 0 Å². The molecule has 0 radical (unpaired) electrons. The van der Waals surface area contributed by atoms with Crippen LogP contribution < -0.4 is 4.74 Å². The molecule has 1 aromatic rings. The number of hydrogen-bond acceptors (Lipinski definition) is 3. The first-order chi connectivity index (χ1) is 7.90. The van der Waals surface area contributed by atoms with Gasteiger partial charge in [0.05, 0.1) is 18.2 Å². The Hall–Kier alpha value is -1.98. The van der Waals surface area contributed by atoms with Gasteiger partial charge in [0.15, 0.2) is 0 Å². The van der Waals surface area contributed by atoms with E-state index in [1.54, 1.807) is 0 Å². The van der Waals surface area contributed by atoms with Gasteiger partial charge in [0.25, 0.3) is 12.2 Å². The summed E-state index contributed by atoms with van der Waals surface area (Å²) in [5.41, 5.74) is -0.556. The van der Waals surface area contributed by atoms with Gasteiger partial charge in [-0.25, -0.2) is 13.6 Å². The van der Waals surface area contributed by atoms with Gasteiger partial charge < -0.3 is 9.84 Å². The largest absolute Gasteiger partial charge is 0.495 e. The second-order valence-electron chi connectivity index (χ2n) is 3.31. The normalized spacial score (nSPS) is 10.4. The highest BCUT2D eigenvalue weighted by atomic mass is 19.3. The third-order valence-corrected chi connectivity index (χ3v) is 2.26. The quantitative estimate of drug-likeness (QED) is 0.651. The van der Waals surface area contributed by atoms with Crippen molar-refractivity contribution in [1.82, 2.24) is 0 Å². The fourth-order valence-electron chi connectivity index (χ4n) is 1.48. The number of halogens is 2. The lowest BCUT2D eigenvalue weighted by molar-refractivity contribution is -0.131. The van der Waals surface area contributed by atoms with Gasteiger partial charge in [-0.2, -0.15) is 0 Å². The van der Waals surface area contributed by atoms with Gasteiger partial charge in [0.2, 0.25) is 0 Å². The number of methoxy groups -OCH3 is 1. The molecule has 0 aliphatic rings. The van der Waals surface area contributed by atoms with E-state index >= 15 is 0 Å². The smallest absolute Gasteiger partial charge is 0.377 e. The minimum absolute atomic E-state index is 0.277. The molecular formula is C11H10F2O4. The molecule has 0 saturated heterocycles. The van der Waals surface area contributed by atoms with Crippen LogP contribution in [0.5, 0.6) is 5.75 Å². The lowest BCUT2D eigenvalue weighted by atomic mass is 9.99. The van der Waals surface area contributed by atoms with E-state index in [9.17, 15) is 18.4 Å². The van der Waals surface area contributed by atoms with Crippen LogP contribution in [0.2, 0.25) is 0 Å². The number of carbonyl (C=O) groups is 2. The summed E-state index contributed by atoms with van der Waals surface area (Å²) in [6, 6.07) is 2.37. The standard InChI is InChI=1S/C11H10F2O4/c1-5-3-4-6(10(12)13)9(17-2)7(5)8(14)11(15)16/h3-4,10H,1-2H3,(H,15,16). The minimum atomic E-state index is -2.84. The van der Waals surface area contributed by atoms with Crippen LogP contribution in [0.25, 0.3) is 0 Å². The topological polar surface area (TPSA) is 63.6 Å². The van der Waals surface area contributed by atoms with Gasteiger partial charge >= 0.3 is 5.97 Å². The van der Waals surface area contributed by atoms with Crippen LogP contribution in [0, 0.1) is 6.92 Å². The Morgan fingerprint density at radius 1 is 1.35 bits per heavy atom. The van der Waals surface area contributed by atoms with Crippen LogP contribution in [0.4, 0.5) is 8.78 Å². The van der Waals surface area contributed by atoms with E-state index in [1.807, 2.05) is 0 Å². The number of Topliss-reactive ketones (excluding diaryl/α,β-unsaturated/α-hetero) is 1. The summed E-state index contributed by atoms with van der Waals surface area (Å²) in [5.74, 6) is -3.35. The lowest BCUT2D eigenvalue weighted by Crippen LogP contribution is -2.16. The molecule has 1 aromatic carbocycles. The maximum atomic E-state index is 12.7. The molecule has 6 heteroatoms. The first-order valence-electron chi connectivity index (χ1n) is 4.63. The number of benzene rings is 1. The highest BCUT2D eigenvalue weighted by Crippen LogP contribution is 2.34. The number of carboxylic acid groups (broad SMARTS) is 1. The summed E-state index contributed by atoms with van der Waals surface area (Å²) in [7, 11) is 1.11. The molecule has 4 nitrogen and oxygen atoms in total. The summed E-state index contributed by atoms with van der Waals surface area (Å²) in [6.45, 7) is 1.45. The van der Waals surface area contributed by atoms with Gasteiger partial charge in [-0.05, 0) is 18.6 Å². The van der Waals surface area contributed by atoms with Crippen molar-refractivity contribution in [2.75, 3.05) is 7.11 Å². The molecule has 0 aromatic heterocycles. The SMILES string of the molecule is COc1c(C(F)F)ccc(C)c1C(=O)C(=O)O. The molecule has 0 aliphatic carbocycles. The predicted molar refractivity (Wildman–Crippen MR) is 54.7 cm³/mol. The molecule has 0 amide bonds. The van der Waals surface area contributed by atoms with Crippen LogP contribution >= 0.6 is 0 Å². The zero-order chi connectivity index (χ0) is 13.2. The maximum Gasteiger partial charge on any atom is 0.377 e. The Morgan fingerprint density at radius 2 is 1.94 bits per heavy atom. The Bertz CT molecular complexity index is 469. The molecule has 17 heavy (non-hydrogen) atoms. The van der Waals surface area contributed by atoms with Crippen molar-refractivity contribution in [3.05, 3.63) is 28.8 Å². The third kappa shape index (κ3) is 2.41. The number of ketones is 1. The molecule has 0 aliphatic heterocycles. The number of carboxylic acids is 1. The number of carbonyl (C=O) groups excluding carboxylic acids is 1. The van der Waals surface area contributed by atoms with Crippen molar-refractivity contribution in [2.45, 2.75) is 13.3 Å². The van der Waals surface area contributed by atoms with E-state index < -0.39 is 23.7 Å². The Morgan fingerprint density at radius 3 is 2.35 bits per heavy atom. The monoisotopic (exact) mass is 244 g/mol. The molecule has 0 fully saturated rings. The lowest BCUT2D eigenvalue weighted by Gasteiger charge is -2.13. The molecular weight excluding hydrogens is 234 g/mol. The van der Waals surface area contributed by atoms with Gasteiger partial charge in [-0.15, -0.1) is 0 Å². The van der Waals surface area contributed by atoms with E-state index in [2.05, 4.69) is 0 Å². The Balaban J connectivity index is 3.51. The summed E-state index contributed by atoms with van der Waals surface area (Å²) in [6.07, 6.45) is -2.84. The summed E-state index contributed by atoms with van der Waals surface area (Å²) in [4.78, 5) is 22.0. The predicted octanol–water partition coefficient (Wildman–Crippen LogP) is 2.21. The fourth-order valence-corrected chi connectivity index (χ4v) is 1.48. The number of ether oxygens (including phenoxy) is 1. The molecule has 0 unspecified atom stereocenters. The number of aryl methyl sites for hydroxylation is 1. The first-order valence-corrected chi connectivity index (χ1v) is 4.63. The van der Waals surface area contributed by atoms with Crippen molar-refractivity contribution >= 4 is 11.8 Å². The van der Waals surface area contributed by atoms with E-state index in [1.165, 1.54) is 13.0 Å². The van der Waals surface area contributed by atoms with Crippen molar-refractivity contribution < 1.29 is 28.2 Å². The van der Waals surface area contributed by atoms with E-state index in [-0.39, 0.29) is 16.9 Å². The van der Waals surface area contributed by atoms with Gasteiger partial charge in [0, 0.05) is 0 Å². The molecule has 0 atom stereocenters. The van der Waals surface area contributed by atoms with E-state index in [0.717, 1.165) is 13.2 Å². The average Bonchev–Trinajstić information content (AvgIpc) is 2.26. The second kappa shape index (κ2) is 4.90. The van der Waals surface area contributed by atoms with E-state index in [0.29, 0.717) is 0 Å². The van der Waals surface area contributed by atoms with Gasteiger partial charge in [-0.1, -0.05) is 6.07 Å². The zero-order valence-electron chi connectivity index (χ0n) is 9.16. The minimum Gasteiger partial charge on any atom is -0.495 e. The van der Waals surface area contributed by atoms with Crippen molar-refractivity contribution in [2.24, 2.45) is 0 Å². The summed E-state index contributed by atoms with van der Waals surface area (Å²) < 4.78 is 30.0. The van der Waals surface area contributed by atoms with Crippen molar-refractivity contribution in [3.63, 3.8) is 0 Å². The van der Waals surface area contributed by atoms with Crippen LogP contribution in [0.1, 0.15) is 27.9 Å². The van der Waals surface area contributed by atoms with Gasteiger partial charge in [0.1, 0.15) is 5.75 Å². The average molecular weight is 244 g/mol. The highest BCUT2D eigenvalue weighted by molar-refractivity contribution is 6.41. The Kier molecular flexibility index (Phi) is 3.77. The summed E-state index contributed by atoms with van der Waals surface area (Å²) >= 11 is 0. The molecule has 0 spiro atoms. The summed E-state index contributed by atoms with van der Waals surface area (Å²) in [5, 5.41) is 8.62. The second-order valence-corrected chi connectivity index (χ2v) is 3.31. The van der Waals surface area contributed by atoms with Crippen LogP contribution in [0.15, 0.2) is 12.1 Å². The fraction of sp³-hybridized carbons (Fsp3) is 0.273. The van der Waals surface area contributed by atoms with E-state index in [4.69, 9.17) is 9.84 Å². The first kappa shape index (κ1) is 13.1. The molecule has 92 valence electrons. The van der Waals surface area contributed by atoms with Crippen molar-refractivity contribution in [3.8, 4) is 5.75 Å². The number of hydrogen-bond donors (Lipinski definition) is 1. The van der Waals surface area contributed by atoms with Crippen LogP contribution in [-0.2, 0) is 4.79 Å². The molecule has 0 bridgehead atoms. The number of alkyl halides is 2. The highest BCUT2D eigenvalue weighted by Gasteiger charge is 2.26. The molecule has 1 rings (SSSR count). The third-order valence-electron chi connectivity index (χ3n) is 2.26. The van der Waals surface area contributed by atoms with Crippen LogP contribution in [0.3, 0.4) is 0 Å². The molecule has 0 heterocycles.